The molecule has 0 aliphatic heterocycles. The van der Waals surface area contributed by atoms with Crippen molar-refractivity contribution in [1.82, 2.24) is 10.3 Å². The first-order chi connectivity index (χ1) is 11.8. The van der Waals surface area contributed by atoms with Crippen LogP contribution >= 0.6 is 0 Å². The summed E-state index contributed by atoms with van der Waals surface area (Å²) in [4.78, 5) is 4.29. The molecule has 0 aliphatic carbocycles. The molecule has 0 saturated heterocycles. The third kappa shape index (κ3) is 4.67. The van der Waals surface area contributed by atoms with E-state index in [2.05, 4.69) is 47.6 Å². The van der Waals surface area contributed by atoms with Gasteiger partial charge in [-0.25, -0.2) is 0 Å². The Bertz CT molecular complexity index is 772. The quantitative estimate of drug-likeness (QED) is 0.707. The molecule has 3 aromatic rings. The highest BCUT2D eigenvalue weighted by Crippen LogP contribution is 2.19. The van der Waals surface area contributed by atoms with Crippen LogP contribution in [0.5, 0.6) is 5.75 Å². The van der Waals surface area contributed by atoms with Crippen LogP contribution in [0.3, 0.4) is 0 Å². The summed E-state index contributed by atoms with van der Waals surface area (Å²) in [5.74, 6) is 0.903. The van der Waals surface area contributed by atoms with Crippen molar-refractivity contribution >= 4 is 0 Å². The molecule has 3 nitrogen and oxygen atoms in total. The molecule has 0 bridgehead atoms. The highest BCUT2D eigenvalue weighted by atomic mass is 16.5. The number of hydrogen-bond acceptors (Lipinski definition) is 3. The maximum Gasteiger partial charge on any atom is 0.130 e. The molecule has 0 fully saturated rings. The second kappa shape index (κ2) is 8.27. The van der Waals surface area contributed by atoms with Crippen molar-refractivity contribution in [2.24, 2.45) is 0 Å². The second-order valence-corrected chi connectivity index (χ2v) is 5.81. The van der Waals surface area contributed by atoms with Gasteiger partial charge in [0, 0.05) is 24.8 Å². The Morgan fingerprint density at radius 3 is 2.62 bits per heavy atom. The molecule has 0 saturated carbocycles. The van der Waals surface area contributed by atoms with Crippen molar-refractivity contribution in [3.05, 3.63) is 95.3 Å². The zero-order valence-electron chi connectivity index (χ0n) is 13.9. The number of ether oxygens (including phenoxy) is 1. The number of aromatic nitrogens is 1. The Hall–Kier alpha value is -2.65. The predicted molar refractivity (Wildman–Crippen MR) is 96.7 cm³/mol. The summed E-state index contributed by atoms with van der Waals surface area (Å²) in [5, 5.41) is 3.49. The molecule has 1 aromatic heterocycles. The van der Waals surface area contributed by atoms with Gasteiger partial charge >= 0.3 is 0 Å². The van der Waals surface area contributed by atoms with Crippen LogP contribution in [0.2, 0.25) is 0 Å². The van der Waals surface area contributed by atoms with Crippen LogP contribution in [-0.4, -0.2) is 4.98 Å². The van der Waals surface area contributed by atoms with Gasteiger partial charge in [-0.15, -0.1) is 0 Å². The molecule has 0 aliphatic rings. The summed E-state index contributed by atoms with van der Waals surface area (Å²) in [6.07, 6.45) is 1.79. The van der Waals surface area contributed by atoms with Crippen molar-refractivity contribution in [2.45, 2.75) is 26.6 Å². The number of benzene rings is 2. The molecular weight excluding hydrogens is 296 g/mol. The van der Waals surface area contributed by atoms with Gasteiger partial charge in [0.05, 0.1) is 5.69 Å². The Balaban J connectivity index is 1.57. The normalized spacial score (nSPS) is 10.5. The number of para-hydroxylation sites is 1. The summed E-state index contributed by atoms with van der Waals surface area (Å²) in [5.41, 5.74) is 4.66. The van der Waals surface area contributed by atoms with E-state index in [0.717, 1.165) is 30.1 Å². The average molecular weight is 318 g/mol. The zero-order chi connectivity index (χ0) is 16.6. The molecule has 1 N–H and O–H groups in total. The van der Waals surface area contributed by atoms with Gasteiger partial charge in [0.1, 0.15) is 12.4 Å². The fourth-order valence-electron chi connectivity index (χ4n) is 2.59. The number of nitrogens with zero attached hydrogens (tertiary/aromatic N) is 1. The van der Waals surface area contributed by atoms with E-state index >= 15 is 0 Å². The fourth-order valence-corrected chi connectivity index (χ4v) is 2.59. The first-order valence-corrected chi connectivity index (χ1v) is 8.18. The first-order valence-electron chi connectivity index (χ1n) is 8.18. The standard InChI is InChI=1S/C21H22N2O/c1-17-7-6-8-18(13-17)14-22-15-19-9-2-3-11-21(19)24-16-20-10-4-5-12-23-20/h2-13,22H,14-16H2,1H3. The molecule has 0 spiro atoms. The van der Waals surface area contributed by atoms with Crippen molar-refractivity contribution in [3.63, 3.8) is 0 Å². The van der Waals surface area contributed by atoms with Crippen molar-refractivity contribution < 1.29 is 4.74 Å². The maximum absolute atomic E-state index is 5.94. The smallest absolute Gasteiger partial charge is 0.130 e. The molecule has 0 atom stereocenters. The van der Waals surface area contributed by atoms with Gasteiger partial charge < -0.3 is 10.1 Å². The summed E-state index contributed by atoms with van der Waals surface area (Å²) in [7, 11) is 0. The molecular formula is C21H22N2O. The molecule has 2 aromatic carbocycles. The molecule has 0 unspecified atom stereocenters. The molecule has 0 radical (unpaired) electrons. The molecule has 122 valence electrons. The Kier molecular flexibility index (Phi) is 5.59. The van der Waals surface area contributed by atoms with Crippen molar-refractivity contribution in [2.75, 3.05) is 0 Å². The van der Waals surface area contributed by atoms with Crippen LogP contribution in [-0.2, 0) is 19.7 Å². The maximum atomic E-state index is 5.94. The largest absolute Gasteiger partial charge is 0.487 e. The molecule has 24 heavy (non-hydrogen) atoms. The minimum Gasteiger partial charge on any atom is -0.487 e. The Morgan fingerprint density at radius 2 is 1.79 bits per heavy atom. The van der Waals surface area contributed by atoms with E-state index in [4.69, 9.17) is 4.74 Å². The number of aryl methyl sites for hydroxylation is 1. The highest BCUT2D eigenvalue weighted by Gasteiger charge is 2.04. The average Bonchev–Trinajstić information content (AvgIpc) is 2.62. The number of nitrogens with one attached hydrogen (secondary N) is 1. The van der Waals surface area contributed by atoms with Gasteiger partial charge in [0.2, 0.25) is 0 Å². The number of rotatable bonds is 7. The molecule has 3 rings (SSSR count). The van der Waals surface area contributed by atoms with E-state index in [-0.39, 0.29) is 0 Å². The van der Waals surface area contributed by atoms with E-state index in [0.29, 0.717) is 6.61 Å². The Labute approximate surface area is 143 Å². The topological polar surface area (TPSA) is 34.1 Å². The second-order valence-electron chi connectivity index (χ2n) is 5.81. The molecule has 0 amide bonds. The SMILES string of the molecule is Cc1cccc(CNCc2ccccc2OCc2ccccn2)c1. The van der Waals surface area contributed by atoms with Crippen LogP contribution in [0.4, 0.5) is 0 Å². The summed E-state index contributed by atoms with van der Waals surface area (Å²) in [6, 6.07) is 22.5. The third-order valence-electron chi connectivity index (χ3n) is 3.80. The van der Waals surface area contributed by atoms with E-state index in [1.165, 1.54) is 11.1 Å². The monoisotopic (exact) mass is 318 g/mol. The van der Waals surface area contributed by atoms with E-state index in [1.807, 2.05) is 36.4 Å². The third-order valence-corrected chi connectivity index (χ3v) is 3.80. The van der Waals surface area contributed by atoms with Crippen LogP contribution in [0.15, 0.2) is 72.9 Å². The molecule has 3 heteroatoms. The fraction of sp³-hybridized carbons (Fsp3) is 0.190. The summed E-state index contributed by atoms with van der Waals surface area (Å²) < 4.78 is 5.94. The van der Waals surface area contributed by atoms with Gasteiger partial charge in [0.15, 0.2) is 0 Å². The van der Waals surface area contributed by atoms with E-state index in [9.17, 15) is 0 Å². The lowest BCUT2D eigenvalue weighted by Gasteiger charge is -2.12. The van der Waals surface area contributed by atoms with Crippen molar-refractivity contribution in [3.8, 4) is 5.75 Å². The first kappa shape index (κ1) is 16.2. The lowest BCUT2D eigenvalue weighted by molar-refractivity contribution is 0.297. The van der Waals surface area contributed by atoms with Gasteiger partial charge in [-0.05, 0) is 30.7 Å². The van der Waals surface area contributed by atoms with Crippen LogP contribution in [0, 0.1) is 6.92 Å². The zero-order valence-corrected chi connectivity index (χ0v) is 13.9. The van der Waals surface area contributed by atoms with Gasteiger partial charge in [-0.2, -0.15) is 0 Å². The number of pyridine rings is 1. The van der Waals surface area contributed by atoms with Crippen LogP contribution in [0.1, 0.15) is 22.4 Å². The van der Waals surface area contributed by atoms with E-state index in [1.54, 1.807) is 6.20 Å². The lowest BCUT2D eigenvalue weighted by atomic mass is 10.1. The van der Waals surface area contributed by atoms with Gasteiger partial charge in [-0.3, -0.25) is 4.98 Å². The van der Waals surface area contributed by atoms with Gasteiger partial charge in [-0.1, -0.05) is 54.1 Å². The summed E-state index contributed by atoms with van der Waals surface area (Å²) in [6.45, 7) is 4.21. The summed E-state index contributed by atoms with van der Waals surface area (Å²) >= 11 is 0. The minimum atomic E-state index is 0.482. The lowest BCUT2D eigenvalue weighted by Crippen LogP contribution is -2.13. The van der Waals surface area contributed by atoms with Crippen LogP contribution < -0.4 is 10.1 Å². The number of hydrogen-bond donors (Lipinski definition) is 1. The predicted octanol–water partition coefficient (Wildman–Crippen LogP) is 4.26. The van der Waals surface area contributed by atoms with Crippen molar-refractivity contribution in [1.29, 1.82) is 0 Å². The highest BCUT2D eigenvalue weighted by molar-refractivity contribution is 5.33. The van der Waals surface area contributed by atoms with Gasteiger partial charge in [0.25, 0.3) is 0 Å². The molecule has 1 heterocycles. The minimum absolute atomic E-state index is 0.482. The van der Waals surface area contributed by atoms with E-state index < -0.39 is 0 Å². The Morgan fingerprint density at radius 1 is 0.917 bits per heavy atom. The van der Waals surface area contributed by atoms with Crippen LogP contribution in [0.25, 0.3) is 0 Å².